The minimum Gasteiger partial charge on any atom is -0.463 e. The maximum absolute atomic E-state index is 12.1. The first-order valence-corrected chi connectivity index (χ1v) is 8.23. The van der Waals surface area contributed by atoms with Gasteiger partial charge in [0.15, 0.2) is 0 Å². The van der Waals surface area contributed by atoms with E-state index in [9.17, 15) is 4.79 Å². The number of carbonyl (C=O) groups is 1. The highest BCUT2D eigenvalue weighted by molar-refractivity contribution is 5.70. The zero-order valence-corrected chi connectivity index (χ0v) is 13.7. The van der Waals surface area contributed by atoms with Crippen molar-refractivity contribution in [2.75, 3.05) is 13.1 Å². The van der Waals surface area contributed by atoms with Gasteiger partial charge in [-0.25, -0.2) is 0 Å². The van der Waals surface area contributed by atoms with Gasteiger partial charge >= 0.3 is 5.97 Å². The Morgan fingerprint density at radius 3 is 2.24 bits per heavy atom. The summed E-state index contributed by atoms with van der Waals surface area (Å²) in [6.45, 7) is 13.1. The molecule has 1 atom stereocenters. The molecule has 3 heteroatoms. The monoisotopic (exact) mass is 293 g/mol. The van der Waals surface area contributed by atoms with Crippen molar-refractivity contribution in [2.24, 2.45) is 5.92 Å². The predicted octanol–water partition coefficient (Wildman–Crippen LogP) is 3.95. The lowest BCUT2D eigenvalue weighted by atomic mass is 9.82. The lowest BCUT2D eigenvalue weighted by Gasteiger charge is -2.37. The largest absolute Gasteiger partial charge is 0.463 e. The normalized spacial score (nSPS) is 17.7. The van der Waals surface area contributed by atoms with Crippen molar-refractivity contribution in [3.63, 3.8) is 0 Å². The van der Waals surface area contributed by atoms with Gasteiger partial charge in [0.05, 0.1) is 12.5 Å². The Bertz CT molecular complexity index is 322. The molecular weight excluding hydrogens is 262 g/mol. The van der Waals surface area contributed by atoms with Crippen molar-refractivity contribution in [1.29, 1.82) is 0 Å². The number of ether oxygens (including phenoxy) is 1. The van der Waals surface area contributed by atoms with E-state index in [0.29, 0.717) is 12.3 Å². The Kier molecular flexibility index (Phi) is 8.36. The molecule has 0 aromatic heterocycles. The molecule has 1 rings (SSSR count). The third-order valence-corrected chi connectivity index (χ3v) is 4.13. The van der Waals surface area contributed by atoms with E-state index in [2.05, 4.69) is 18.1 Å². The molecule has 1 fully saturated rings. The number of hydrogen-bond donors (Lipinski definition) is 0. The van der Waals surface area contributed by atoms with Crippen LogP contribution in [-0.4, -0.2) is 36.1 Å². The van der Waals surface area contributed by atoms with Crippen molar-refractivity contribution < 1.29 is 9.53 Å². The molecule has 1 aliphatic carbocycles. The highest BCUT2D eigenvalue weighted by Crippen LogP contribution is 2.31. The Morgan fingerprint density at radius 2 is 1.76 bits per heavy atom. The summed E-state index contributed by atoms with van der Waals surface area (Å²) in [6, 6.07) is 0.243. The average Bonchev–Trinajstić information content (AvgIpc) is 2.45. The second-order valence-electron chi connectivity index (χ2n) is 6.24. The van der Waals surface area contributed by atoms with E-state index in [1.165, 1.54) is 32.1 Å². The maximum Gasteiger partial charge on any atom is 0.307 e. The molecule has 3 nitrogen and oxygen atoms in total. The number of nitrogens with zero attached hydrogens (tertiary/aromatic N) is 1. The molecule has 0 amide bonds. The van der Waals surface area contributed by atoms with Crippen molar-refractivity contribution in [1.82, 2.24) is 4.90 Å². The lowest BCUT2D eigenvalue weighted by Crippen LogP contribution is -2.43. The quantitative estimate of drug-likeness (QED) is 0.476. The van der Waals surface area contributed by atoms with Crippen LogP contribution in [0.25, 0.3) is 0 Å². The zero-order chi connectivity index (χ0) is 15.7. The van der Waals surface area contributed by atoms with Gasteiger partial charge in [-0.3, -0.25) is 9.69 Å². The highest BCUT2D eigenvalue weighted by Gasteiger charge is 2.30. The van der Waals surface area contributed by atoms with Gasteiger partial charge in [0.2, 0.25) is 0 Å². The Morgan fingerprint density at radius 1 is 1.19 bits per heavy atom. The summed E-state index contributed by atoms with van der Waals surface area (Å²) in [4.78, 5) is 14.4. The Balaban J connectivity index is 2.77. The average molecular weight is 293 g/mol. The van der Waals surface area contributed by atoms with E-state index in [1.54, 1.807) is 0 Å². The van der Waals surface area contributed by atoms with Crippen LogP contribution in [0.2, 0.25) is 0 Å². The van der Waals surface area contributed by atoms with Gasteiger partial charge in [-0.2, -0.15) is 0 Å². The molecular formula is C18H31NO2. The second kappa shape index (κ2) is 9.78. The van der Waals surface area contributed by atoms with Crippen LogP contribution < -0.4 is 0 Å². The molecule has 0 aromatic rings. The summed E-state index contributed by atoms with van der Waals surface area (Å²) < 4.78 is 5.36. The maximum atomic E-state index is 12.1. The zero-order valence-electron chi connectivity index (χ0n) is 13.7. The van der Waals surface area contributed by atoms with E-state index in [0.717, 1.165) is 13.1 Å². The van der Waals surface area contributed by atoms with Crippen molar-refractivity contribution in [3.8, 4) is 0 Å². The SMILES string of the molecule is C=CCN(CC=C)C(CC(=O)OC(C)C)C1CCCCC1. The molecule has 0 saturated heterocycles. The molecule has 1 saturated carbocycles. The molecule has 0 aromatic carbocycles. The summed E-state index contributed by atoms with van der Waals surface area (Å²) in [7, 11) is 0. The van der Waals surface area contributed by atoms with Gasteiger partial charge < -0.3 is 4.74 Å². The fourth-order valence-electron chi connectivity index (χ4n) is 3.27. The molecule has 0 aliphatic heterocycles. The van der Waals surface area contributed by atoms with Crippen LogP contribution in [-0.2, 0) is 9.53 Å². The molecule has 0 radical (unpaired) electrons. The van der Waals surface area contributed by atoms with E-state index >= 15 is 0 Å². The number of carbonyl (C=O) groups excluding carboxylic acids is 1. The third-order valence-electron chi connectivity index (χ3n) is 4.13. The van der Waals surface area contributed by atoms with E-state index < -0.39 is 0 Å². The first-order chi connectivity index (χ1) is 10.1. The summed E-state index contributed by atoms with van der Waals surface area (Å²) in [5, 5.41) is 0. The van der Waals surface area contributed by atoms with Crippen molar-refractivity contribution >= 4 is 5.97 Å². The summed E-state index contributed by atoms with van der Waals surface area (Å²) in [5.74, 6) is 0.497. The van der Waals surface area contributed by atoms with Crippen molar-refractivity contribution in [2.45, 2.75) is 64.5 Å². The van der Waals surface area contributed by atoms with E-state index in [4.69, 9.17) is 4.74 Å². The minimum absolute atomic E-state index is 0.0447. The fourth-order valence-corrected chi connectivity index (χ4v) is 3.27. The van der Waals surface area contributed by atoms with Crippen molar-refractivity contribution in [3.05, 3.63) is 25.3 Å². The molecule has 120 valence electrons. The molecule has 1 unspecified atom stereocenters. The molecule has 0 spiro atoms. The Labute approximate surface area is 130 Å². The van der Waals surface area contributed by atoms with Crippen LogP contribution in [0.4, 0.5) is 0 Å². The van der Waals surface area contributed by atoms with Gasteiger partial charge in [-0.05, 0) is 32.6 Å². The lowest BCUT2D eigenvalue weighted by molar-refractivity contribution is -0.149. The van der Waals surface area contributed by atoms with Crippen LogP contribution in [0.1, 0.15) is 52.4 Å². The first-order valence-electron chi connectivity index (χ1n) is 8.23. The van der Waals surface area contributed by atoms with Crippen LogP contribution >= 0.6 is 0 Å². The topological polar surface area (TPSA) is 29.5 Å². The van der Waals surface area contributed by atoms with Crippen LogP contribution in [0.3, 0.4) is 0 Å². The predicted molar refractivity (Wildman–Crippen MR) is 88.2 cm³/mol. The molecule has 21 heavy (non-hydrogen) atoms. The fraction of sp³-hybridized carbons (Fsp3) is 0.722. The number of rotatable bonds is 9. The minimum atomic E-state index is -0.0845. The summed E-state index contributed by atoms with van der Waals surface area (Å²) in [5.41, 5.74) is 0. The standard InChI is InChI=1S/C18H31NO2/c1-5-12-19(13-6-2)17(14-18(20)21-15(3)4)16-10-8-7-9-11-16/h5-6,15-17H,1-2,7-14H2,3-4H3. The summed E-state index contributed by atoms with van der Waals surface area (Å²) in [6.07, 6.45) is 10.5. The molecule has 0 heterocycles. The third kappa shape index (κ3) is 6.47. The van der Waals surface area contributed by atoms with Gasteiger partial charge in [0.25, 0.3) is 0 Å². The van der Waals surface area contributed by atoms with Crippen LogP contribution in [0, 0.1) is 5.92 Å². The smallest absolute Gasteiger partial charge is 0.307 e. The highest BCUT2D eigenvalue weighted by atomic mass is 16.5. The van der Waals surface area contributed by atoms with Gasteiger partial charge in [-0.15, -0.1) is 13.2 Å². The van der Waals surface area contributed by atoms with Crippen LogP contribution in [0.15, 0.2) is 25.3 Å². The summed E-state index contributed by atoms with van der Waals surface area (Å²) >= 11 is 0. The first kappa shape index (κ1) is 18.0. The van der Waals surface area contributed by atoms with Gasteiger partial charge in [-0.1, -0.05) is 31.4 Å². The molecule has 0 N–H and O–H groups in total. The van der Waals surface area contributed by atoms with Gasteiger partial charge in [0.1, 0.15) is 0 Å². The van der Waals surface area contributed by atoms with Crippen LogP contribution in [0.5, 0.6) is 0 Å². The number of esters is 1. The molecule has 0 bridgehead atoms. The van der Waals surface area contributed by atoms with E-state index in [-0.39, 0.29) is 18.1 Å². The van der Waals surface area contributed by atoms with Gasteiger partial charge in [0, 0.05) is 19.1 Å². The number of hydrogen-bond acceptors (Lipinski definition) is 3. The Hall–Kier alpha value is -1.09. The second-order valence-corrected chi connectivity index (χ2v) is 6.24. The molecule has 1 aliphatic rings. The van der Waals surface area contributed by atoms with E-state index in [1.807, 2.05) is 26.0 Å².